The first-order chi connectivity index (χ1) is 7.82. The summed E-state index contributed by atoms with van der Waals surface area (Å²) in [6.07, 6.45) is -1.71. The van der Waals surface area contributed by atoms with E-state index in [9.17, 15) is 14.4 Å². The molecule has 0 bridgehead atoms. The average Bonchev–Trinajstić information content (AvgIpc) is 2.94. The molecule has 0 aromatic carbocycles. The van der Waals surface area contributed by atoms with Gasteiger partial charge in [-0.1, -0.05) is 13.8 Å². The van der Waals surface area contributed by atoms with Gasteiger partial charge in [-0.05, 0) is 12.3 Å². The molecule has 3 atom stereocenters. The highest BCUT2D eigenvalue weighted by Gasteiger charge is 2.51. The van der Waals surface area contributed by atoms with Crippen molar-refractivity contribution in [3.05, 3.63) is 0 Å². The highest BCUT2D eigenvalue weighted by Crippen LogP contribution is 2.22. The minimum absolute atomic E-state index is 0.184. The Hall–Kier alpha value is -1.63. The number of carboxylic acid groups (broad SMARTS) is 1. The number of ether oxygens (including phenoxy) is 1. The zero-order chi connectivity index (χ0) is 13.2. The average molecular weight is 244 g/mol. The quantitative estimate of drug-likeness (QED) is 0.509. The Labute approximate surface area is 98.3 Å². The van der Waals surface area contributed by atoms with Crippen LogP contribution in [0.25, 0.3) is 0 Å². The second-order valence-electron chi connectivity index (χ2n) is 4.41. The molecule has 0 aliphatic carbocycles. The molecule has 1 fully saturated rings. The van der Waals surface area contributed by atoms with Crippen molar-refractivity contribution in [1.82, 2.24) is 5.32 Å². The number of amides is 2. The number of aliphatic carboxylic acids is 1. The van der Waals surface area contributed by atoms with Gasteiger partial charge in [0.1, 0.15) is 6.04 Å². The van der Waals surface area contributed by atoms with Crippen molar-refractivity contribution in [1.29, 1.82) is 0 Å². The minimum atomic E-state index is -1.19. The van der Waals surface area contributed by atoms with E-state index in [4.69, 9.17) is 10.8 Å². The van der Waals surface area contributed by atoms with E-state index in [0.717, 1.165) is 0 Å². The number of hydrogen-bond acceptors (Lipinski definition) is 4. The van der Waals surface area contributed by atoms with Crippen LogP contribution in [0.5, 0.6) is 0 Å². The van der Waals surface area contributed by atoms with Crippen LogP contribution in [-0.4, -0.2) is 41.1 Å². The molecule has 1 heterocycles. The van der Waals surface area contributed by atoms with Crippen LogP contribution in [0.1, 0.15) is 20.3 Å². The predicted molar refractivity (Wildman–Crippen MR) is 56.9 cm³/mol. The molecule has 0 unspecified atom stereocenters. The van der Waals surface area contributed by atoms with Crippen molar-refractivity contribution in [3.63, 3.8) is 0 Å². The Kier molecular flexibility index (Phi) is 4.06. The smallest absolute Gasteiger partial charge is 0.336 e. The number of rotatable bonds is 6. The molecule has 2 amide bonds. The number of hydrogen-bond donors (Lipinski definition) is 3. The van der Waals surface area contributed by atoms with Gasteiger partial charge in [0.15, 0.2) is 12.2 Å². The van der Waals surface area contributed by atoms with Crippen molar-refractivity contribution in [2.24, 2.45) is 11.7 Å². The molecule has 1 saturated heterocycles. The Bertz CT molecular complexity index is 342. The largest absolute Gasteiger partial charge is 0.479 e. The van der Waals surface area contributed by atoms with Crippen LogP contribution in [0.3, 0.4) is 0 Å². The Morgan fingerprint density at radius 1 is 1.35 bits per heavy atom. The van der Waals surface area contributed by atoms with Gasteiger partial charge >= 0.3 is 5.97 Å². The number of nitrogens with two attached hydrogens (primary N) is 1. The van der Waals surface area contributed by atoms with Crippen LogP contribution in [0.15, 0.2) is 0 Å². The standard InChI is InChI=1S/C10H16N2O5/c1-4(2)3-5(8(11)13)12-9(14)6-7(17-6)10(15)16/h4-7H,3H2,1-2H3,(H2,11,13)(H,12,14)(H,15,16)/t5-,6-,7-/m0/s1. The van der Waals surface area contributed by atoms with Crippen LogP contribution >= 0.6 is 0 Å². The van der Waals surface area contributed by atoms with E-state index in [2.05, 4.69) is 10.1 Å². The lowest BCUT2D eigenvalue weighted by Crippen LogP contribution is -2.47. The van der Waals surface area contributed by atoms with Gasteiger partial charge in [0.05, 0.1) is 0 Å². The van der Waals surface area contributed by atoms with Gasteiger partial charge in [-0.3, -0.25) is 9.59 Å². The molecule has 7 nitrogen and oxygen atoms in total. The maximum atomic E-state index is 11.5. The van der Waals surface area contributed by atoms with E-state index in [1.165, 1.54) is 0 Å². The molecule has 1 rings (SSSR count). The summed E-state index contributed by atoms with van der Waals surface area (Å²) in [6.45, 7) is 3.77. The van der Waals surface area contributed by atoms with Gasteiger partial charge < -0.3 is 20.9 Å². The summed E-state index contributed by atoms with van der Waals surface area (Å²) >= 11 is 0. The maximum Gasteiger partial charge on any atom is 0.336 e. The van der Waals surface area contributed by atoms with Gasteiger partial charge in [-0.25, -0.2) is 4.79 Å². The first-order valence-electron chi connectivity index (χ1n) is 5.31. The first-order valence-corrected chi connectivity index (χ1v) is 5.31. The lowest BCUT2D eigenvalue weighted by atomic mass is 10.0. The third-order valence-electron chi connectivity index (χ3n) is 2.36. The van der Waals surface area contributed by atoms with Crippen molar-refractivity contribution in [3.8, 4) is 0 Å². The van der Waals surface area contributed by atoms with Gasteiger partial charge in [-0.15, -0.1) is 0 Å². The second-order valence-corrected chi connectivity index (χ2v) is 4.41. The summed E-state index contributed by atoms with van der Waals surface area (Å²) < 4.78 is 4.66. The fourth-order valence-corrected chi connectivity index (χ4v) is 1.47. The summed E-state index contributed by atoms with van der Waals surface area (Å²) in [5.41, 5.74) is 5.14. The summed E-state index contributed by atoms with van der Waals surface area (Å²) in [5, 5.41) is 11.0. The zero-order valence-electron chi connectivity index (χ0n) is 9.67. The SMILES string of the molecule is CC(C)C[C@H](NC(=O)[C@H]1O[C@@H]1C(=O)O)C(N)=O. The van der Waals surface area contributed by atoms with Crippen molar-refractivity contribution < 1.29 is 24.2 Å². The summed E-state index contributed by atoms with van der Waals surface area (Å²) in [7, 11) is 0. The molecule has 0 aromatic heterocycles. The van der Waals surface area contributed by atoms with E-state index in [0.29, 0.717) is 6.42 Å². The monoisotopic (exact) mass is 244 g/mol. The zero-order valence-corrected chi connectivity index (χ0v) is 9.67. The molecular formula is C10H16N2O5. The number of nitrogens with one attached hydrogen (secondary N) is 1. The molecule has 96 valence electrons. The fraction of sp³-hybridized carbons (Fsp3) is 0.700. The normalized spacial score (nSPS) is 24.2. The molecule has 0 aromatic rings. The van der Waals surface area contributed by atoms with Gasteiger partial charge in [0, 0.05) is 0 Å². The maximum absolute atomic E-state index is 11.5. The number of carbonyl (C=O) groups is 3. The van der Waals surface area contributed by atoms with Gasteiger partial charge in [0.2, 0.25) is 5.91 Å². The topological polar surface area (TPSA) is 122 Å². The molecular weight excluding hydrogens is 228 g/mol. The summed E-state index contributed by atoms with van der Waals surface area (Å²) in [4.78, 5) is 33.1. The number of carboxylic acids is 1. The van der Waals surface area contributed by atoms with E-state index in [-0.39, 0.29) is 5.92 Å². The van der Waals surface area contributed by atoms with Crippen LogP contribution in [0.4, 0.5) is 0 Å². The van der Waals surface area contributed by atoms with Crippen LogP contribution in [0, 0.1) is 5.92 Å². The highest BCUT2D eigenvalue weighted by atomic mass is 16.6. The Morgan fingerprint density at radius 2 is 1.94 bits per heavy atom. The summed E-state index contributed by atoms with van der Waals surface area (Å²) in [6, 6.07) is -0.791. The summed E-state index contributed by atoms with van der Waals surface area (Å²) in [5.74, 6) is -2.26. The van der Waals surface area contributed by atoms with E-state index in [1.807, 2.05) is 13.8 Å². The van der Waals surface area contributed by atoms with E-state index in [1.54, 1.807) is 0 Å². The van der Waals surface area contributed by atoms with E-state index < -0.39 is 36.0 Å². The van der Waals surface area contributed by atoms with Gasteiger partial charge in [-0.2, -0.15) is 0 Å². The molecule has 0 saturated carbocycles. The van der Waals surface area contributed by atoms with Crippen molar-refractivity contribution in [2.45, 2.75) is 38.5 Å². The van der Waals surface area contributed by atoms with Gasteiger partial charge in [0.25, 0.3) is 5.91 Å². The number of carbonyl (C=O) groups excluding carboxylic acids is 2. The Balaban J connectivity index is 2.48. The molecule has 1 aliphatic rings. The predicted octanol–water partition coefficient (Wildman–Crippen LogP) is -1.15. The second kappa shape index (κ2) is 5.13. The Morgan fingerprint density at radius 3 is 2.29 bits per heavy atom. The number of epoxide rings is 1. The molecule has 17 heavy (non-hydrogen) atoms. The first kappa shape index (κ1) is 13.4. The molecule has 7 heteroatoms. The number of primary amides is 1. The van der Waals surface area contributed by atoms with Crippen molar-refractivity contribution in [2.75, 3.05) is 0 Å². The molecule has 4 N–H and O–H groups in total. The van der Waals surface area contributed by atoms with Crippen LogP contribution < -0.4 is 11.1 Å². The molecule has 0 radical (unpaired) electrons. The molecule has 1 aliphatic heterocycles. The minimum Gasteiger partial charge on any atom is -0.479 e. The van der Waals surface area contributed by atoms with Crippen molar-refractivity contribution >= 4 is 17.8 Å². The highest BCUT2D eigenvalue weighted by molar-refractivity contribution is 5.94. The third kappa shape index (κ3) is 3.70. The lowest BCUT2D eigenvalue weighted by molar-refractivity contribution is -0.138. The van der Waals surface area contributed by atoms with Crippen LogP contribution in [0.2, 0.25) is 0 Å². The lowest BCUT2D eigenvalue weighted by Gasteiger charge is -2.16. The van der Waals surface area contributed by atoms with E-state index >= 15 is 0 Å². The molecule has 0 spiro atoms. The third-order valence-corrected chi connectivity index (χ3v) is 2.36. The fourth-order valence-electron chi connectivity index (χ4n) is 1.47. The van der Waals surface area contributed by atoms with Crippen LogP contribution in [-0.2, 0) is 19.1 Å².